The van der Waals surface area contributed by atoms with Crippen molar-refractivity contribution in [2.45, 2.75) is 13.1 Å². The van der Waals surface area contributed by atoms with Crippen LogP contribution in [0.1, 0.15) is 18.3 Å². The maximum Gasteiger partial charge on any atom is 0.451 e. The van der Waals surface area contributed by atoms with E-state index in [1.54, 1.807) is 25.1 Å². The van der Waals surface area contributed by atoms with Crippen LogP contribution in [0.5, 0.6) is 0 Å². The third-order valence-corrected chi connectivity index (χ3v) is 2.63. The highest BCUT2D eigenvalue weighted by molar-refractivity contribution is 5.64. The molecule has 0 atom stereocenters. The summed E-state index contributed by atoms with van der Waals surface area (Å²) in [4.78, 5) is 7.00. The van der Waals surface area contributed by atoms with Gasteiger partial charge < -0.3 is 5.32 Å². The van der Waals surface area contributed by atoms with Gasteiger partial charge in [0.25, 0.3) is 0 Å². The molecule has 2 rings (SSSR count). The summed E-state index contributed by atoms with van der Waals surface area (Å²) in [7, 11) is 0. The first-order chi connectivity index (χ1) is 9.94. The van der Waals surface area contributed by atoms with Crippen LogP contribution in [0, 0.1) is 11.3 Å². The Morgan fingerprint density at radius 2 is 2.00 bits per heavy atom. The minimum atomic E-state index is -4.63. The number of hydrogen-bond donors (Lipinski definition) is 1. The summed E-state index contributed by atoms with van der Waals surface area (Å²) >= 11 is 0. The number of aromatic nitrogens is 2. The van der Waals surface area contributed by atoms with Crippen LogP contribution >= 0.6 is 0 Å². The van der Waals surface area contributed by atoms with E-state index in [1.165, 1.54) is 12.1 Å². The lowest BCUT2D eigenvalue weighted by atomic mass is 10.1. The Morgan fingerprint density at radius 1 is 1.24 bits per heavy atom. The average molecular weight is 292 g/mol. The molecule has 108 valence electrons. The second-order valence-corrected chi connectivity index (χ2v) is 4.18. The Hall–Kier alpha value is -2.62. The van der Waals surface area contributed by atoms with Crippen LogP contribution in [-0.4, -0.2) is 16.5 Å². The standard InChI is InChI=1S/C14H11F3N4/c1-2-19-12-7-11(20-13(21-12)14(15,16)17)10-5-3-4-9(6-10)8-18/h3-7H,2H2,1H3,(H,19,20,21). The zero-order chi connectivity index (χ0) is 15.5. The molecule has 0 amide bonds. The molecule has 0 saturated carbocycles. The maximum atomic E-state index is 12.8. The molecule has 0 unspecified atom stereocenters. The van der Waals surface area contributed by atoms with Crippen molar-refractivity contribution in [3.8, 4) is 17.3 Å². The minimum absolute atomic E-state index is 0.0946. The minimum Gasteiger partial charge on any atom is -0.370 e. The monoisotopic (exact) mass is 292 g/mol. The number of hydrogen-bond acceptors (Lipinski definition) is 4. The van der Waals surface area contributed by atoms with Crippen LogP contribution in [0.2, 0.25) is 0 Å². The van der Waals surface area contributed by atoms with Gasteiger partial charge in [-0.2, -0.15) is 18.4 Å². The summed E-state index contributed by atoms with van der Waals surface area (Å²) in [5.74, 6) is -1.12. The van der Waals surface area contributed by atoms with Crippen LogP contribution in [-0.2, 0) is 6.18 Å². The van der Waals surface area contributed by atoms with Gasteiger partial charge in [-0.15, -0.1) is 0 Å². The van der Waals surface area contributed by atoms with Crippen molar-refractivity contribution in [3.63, 3.8) is 0 Å². The normalized spacial score (nSPS) is 11.0. The molecule has 7 heteroatoms. The zero-order valence-corrected chi connectivity index (χ0v) is 11.1. The van der Waals surface area contributed by atoms with E-state index in [4.69, 9.17) is 5.26 Å². The molecule has 1 aromatic heterocycles. The third-order valence-electron chi connectivity index (χ3n) is 2.63. The Labute approximate surface area is 119 Å². The fraction of sp³-hybridized carbons (Fsp3) is 0.214. The van der Waals surface area contributed by atoms with Crippen LogP contribution in [0.25, 0.3) is 11.3 Å². The number of nitrogens with one attached hydrogen (secondary N) is 1. The molecule has 0 aliphatic rings. The number of nitrogens with zero attached hydrogens (tertiary/aromatic N) is 3. The van der Waals surface area contributed by atoms with Crippen molar-refractivity contribution in [2.75, 3.05) is 11.9 Å². The molecule has 21 heavy (non-hydrogen) atoms. The van der Waals surface area contributed by atoms with Crippen LogP contribution in [0.4, 0.5) is 19.0 Å². The first kappa shape index (κ1) is 14.8. The fourth-order valence-corrected chi connectivity index (χ4v) is 1.74. The zero-order valence-electron chi connectivity index (χ0n) is 11.1. The largest absolute Gasteiger partial charge is 0.451 e. The highest BCUT2D eigenvalue weighted by atomic mass is 19.4. The van der Waals surface area contributed by atoms with Crippen molar-refractivity contribution in [1.82, 2.24) is 9.97 Å². The second kappa shape index (κ2) is 5.79. The Bertz CT molecular complexity index is 689. The van der Waals surface area contributed by atoms with Crippen molar-refractivity contribution >= 4 is 5.82 Å². The fourth-order valence-electron chi connectivity index (χ4n) is 1.74. The van der Waals surface area contributed by atoms with Gasteiger partial charge in [-0.05, 0) is 19.1 Å². The first-order valence-corrected chi connectivity index (χ1v) is 6.14. The van der Waals surface area contributed by atoms with Gasteiger partial charge in [-0.3, -0.25) is 0 Å². The average Bonchev–Trinajstić information content (AvgIpc) is 2.46. The number of benzene rings is 1. The van der Waals surface area contributed by atoms with Gasteiger partial charge in [0, 0.05) is 18.2 Å². The predicted molar refractivity (Wildman–Crippen MR) is 71.3 cm³/mol. The number of rotatable bonds is 3. The van der Waals surface area contributed by atoms with Crippen molar-refractivity contribution in [3.05, 3.63) is 41.7 Å². The van der Waals surface area contributed by atoms with Gasteiger partial charge in [0.2, 0.25) is 5.82 Å². The van der Waals surface area contributed by atoms with Gasteiger partial charge in [0.05, 0.1) is 17.3 Å². The van der Waals surface area contributed by atoms with E-state index >= 15 is 0 Å². The number of alkyl halides is 3. The highest BCUT2D eigenvalue weighted by Crippen LogP contribution is 2.30. The van der Waals surface area contributed by atoms with Gasteiger partial charge in [0.1, 0.15) is 5.82 Å². The van der Waals surface area contributed by atoms with Gasteiger partial charge in [-0.25, -0.2) is 9.97 Å². The summed E-state index contributed by atoms with van der Waals surface area (Å²) < 4.78 is 38.5. The van der Waals surface area contributed by atoms with Crippen molar-refractivity contribution in [1.29, 1.82) is 5.26 Å². The Morgan fingerprint density at radius 3 is 2.62 bits per heavy atom. The molecule has 0 bridgehead atoms. The maximum absolute atomic E-state index is 12.8. The number of halogens is 3. The van der Waals surface area contributed by atoms with E-state index in [0.717, 1.165) is 0 Å². The number of nitriles is 1. The molecule has 0 spiro atoms. The van der Waals surface area contributed by atoms with E-state index in [2.05, 4.69) is 15.3 Å². The van der Waals surface area contributed by atoms with E-state index in [1.807, 2.05) is 6.07 Å². The lowest BCUT2D eigenvalue weighted by Gasteiger charge is -2.11. The van der Waals surface area contributed by atoms with E-state index in [0.29, 0.717) is 17.7 Å². The number of anilines is 1. The lowest BCUT2D eigenvalue weighted by Crippen LogP contribution is -2.13. The SMILES string of the molecule is CCNc1cc(-c2cccc(C#N)c2)nc(C(F)(F)F)n1. The van der Waals surface area contributed by atoms with Crippen LogP contribution in [0.15, 0.2) is 30.3 Å². The molecule has 0 saturated heterocycles. The van der Waals surface area contributed by atoms with Crippen molar-refractivity contribution < 1.29 is 13.2 Å². The summed E-state index contributed by atoms with van der Waals surface area (Å²) in [6.07, 6.45) is -4.63. The molecule has 0 fully saturated rings. The summed E-state index contributed by atoms with van der Waals surface area (Å²) in [6.45, 7) is 2.19. The molecule has 0 aliphatic heterocycles. The molecular formula is C14H11F3N4. The smallest absolute Gasteiger partial charge is 0.370 e. The quantitative estimate of drug-likeness (QED) is 0.941. The van der Waals surface area contributed by atoms with E-state index in [9.17, 15) is 13.2 Å². The Kier molecular flexibility index (Phi) is 4.08. The summed E-state index contributed by atoms with van der Waals surface area (Å²) in [6, 6.07) is 9.61. The van der Waals surface area contributed by atoms with E-state index in [-0.39, 0.29) is 11.5 Å². The van der Waals surface area contributed by atoms with E-state index < -0.39 is 12.0 Å². The summed E-state index contributed by atoms with van der Waals surface area (Å²) in [5.41, 5.74) is 0.899. The van der Waals surface area contributed by atoms with Gasteiger partial charge in [-0.1, -0.05) is 12.1 Å². The van der Waals surface area contributed by atoms with Crippen LogP contribution < -0.4 is 5.32 Å². The first-order valence-electron chi connectivity index (χ1n) is 6.14. The van der Waals surface area contributed by atoms with Gasteiger partial charge in [0.15, 0.2) is 0 Å². The molecule has 1 heterocycles. The summed E-state index contributed by atoms with van der Waals surface area (Å²) in [5, 5.41) is 11.6. The molecule has 2 aromatic rings. The van der Waals surface area contributed by atoms with Crippen molar-refractivity contribution in [2.24, 2.45) is 0 Å². The third kappa shape index (κ3) is 3.48. The molecule has 1 N–H and O–H groups in total. The predicted octanol–water partition coefficient (Wildman–Crippen LogP) is 3.47. The second-order valence-electron chi connectivity index (χ2n) is 4.18. The topological polar surface area (TPSA) is 61.6 Å². The molecule has 4 nitrogen and oxygen atoms in total. The molecule has 0 aliphatic carbocycles. The lowest BCUT2D eigenvalue weighted by molar-refractivity contribution is -0.144. The van der Waals surface area contributed by atoms with Crippen LogP contribution in [0.3, 0.4) is 0 Å². The van der Waals surface area contributed by atoms with Gasteiger partial charge >= 0.3 is 6.18 Å². The molecule has 1 aromatic carbocycles. The molecular weight excluding hydrogens is 281 g/mol. The Balaban J connectivity index is 2.56. The highest BCUT2D eigenvalue weighted by Gasteiger charge is 2.35. The molecule has 0 radical (unpaired) electrons.